The fourth-order valence-corrected chi connectivity index (χ4v) is 2.28. The van der Waals surface area contributed by atoms with Gasteiger partial charge in [-0.2, -0.15) is 0 Å². The zero-order chi connectivity index (χ0) is 11.4. The minimum absolute atomic E-state index is 0.426. The van der Waals surface area contributed by atoms with Crippen LogP contribution in [0.25, 0.3) is 0 Å². The van der Waals surface area contributed by atoms with E-state index in [4.69, 9.17) is 16.3 Å². The van der Waals surface area contributed by atoms with Crippen molar-refractivity contribution in [3.8, 4) is 0 Å². The van der Waals surface area contributed by atoms with Gasteiger partial charge in [-0.15, -0.1) is 0 Å². The van der Waals surface area contributed by atoms with E-state index >= 15 is 0 Å². The zero-order valence-electron chi connectivity index (χ0n) is 9.58. The van der Waals surface area contributed by atoms with Crippen LogP contribution in [0.1, 0.15) is 18.4 Å². The highest BCUT2D eigenvalue weighted by Crippen LogP contribution is 2.30. The van der Waals surface area contributed by atoms with Crippen molar-refractivity contribution in [2.45, 2.75) is 25.6 Å². The molecule has 2 nitrogen and oxygen atoms in total. The number of hydrogen-bond acceptors (Lipinski definition) is 2. The lowest BCUT2D eigenvalue weighted by Gasteiger charge is -2.35. The van der Waals surface area contributed by atoms with Crippen molar-refractivity contribution in [3.05, 3.63) is 34.9 Å². The van der Waals surface area contributed by atoms with Gasteiger partial charge in [0.1, 0.15) is 0 Å². The van der Waals surface area contributed by atoms with Crippen molar-refractivity contribution in [2.75, 3.05) is 13.6 Å². The number of ether oxygens (including phenoxy) is 1. The standard InChI is InChI=1S/C13H18ClNO/c1-15-8-10-6-12(7-10)16-9-11-4-2-3-5-13(11)14/h2-5,10,12,15H,6-9H2,1H3. The second-order valence-corrected chi connectivity index (χ2v) is 4.83. The zero-order valence-corrected chi connectivity index (χ0v) is 10.3. The van der Waals surface area contributed by atoms with Gasteiger partial charge in [0.05, 0.1) is 12.7 Å². The van der Waals surface area contributed by atoms with Crippen LogP contribution in [0.4, 0.5) is 0 Å². The molecule has 0 atom stereocenters. The van der Waals surface area contributed by atoms with Gasteiger partial charge in [-0.1, -0.05) is 29.8 Å². The molecule has 1 N–H and O–H groups in total. The lowest BCUT2D eigenvalue weighted by molar-refractivity contribution is -0.0391. The quantitative estimate of drug-likeness (QED) is 0.853. The number of rotatable bonds is 5. The summed E-state index contributed by atoms with van der Waals surface area (Å²) in [6.45, 7) is 1.74. The molecule has 0 unspecified atom stereocenters. The highest BCUT2D eigenvalue weighted by molar-refractivity contribution is 6.31. The smallest absolute Gasteiger partial charge is 0.0735 e. The van der Waals surface area contributed by atoms with Crippen LogP contribution in [0, 0.1) is 5.92 Å². The maximum Gasteiger partial charge on any atom is 0.0735 e. The molecular formula is C13H18ClNO. The third-order valence-electron chi connectivity index (χ3n) is 3.12. The Morgan fingerprint density at radius 2 is 2.12 bits per heavy atom. The Hall–Kier alpha value is -0.570. The summed E-state index contributed by atoms with van der Waals surface area (Å²) in [5.41, 5.74) is 1.08. The Kier molecular flexibility index (Phi) is 4.22. The van der Waals surface area contributed by atoms with Crippen molar-refractivity contribution in [2.24, 2.45) is 5.92 Å². The molecule has 1 saturated carbocycles. The fraction of sp³-hybridized carbons (Fsp3) is 0.538. The second-order valence-electron chi connectivity index (χ2n) is 4.42. The van der Waals surface area contributed by atoms with Gasteiger partial charge in [0.15, 0.2) is 0 Å². The van der Waals surface area contributed by atoms with Crippen LogP contribution in [-0.2, 0) is 11.3 Å². The molecule has 0 saturated heterocycles. The minimum atomic E-state index is 0.426. The average molecular weight is 240 g/mol. The summed E-state index contributed by atoms with van der Waals surface area (Å²) in [6.07, 6.45) is 2.77. The first kappa shape index (κ1) is 11.9. The van der Waals surface area contributed by atoms with Gasteiger partial charge >= 0.3 is 0 Å². The summed E-state index contributed by atoms with van der Waals surface area (Å²) in [4.78, 5) is 0. The molecule has 1 aromatic carbocycles. The molecule has 1 aliphatic rings. The number of hydrogen-bond donors (Lipinski definition) is 1. The largest absolute Gasteiger partial charge is 0.373 e. The van der Waals surface area contributed by atoms with E-state index in [0.717, 1.165) is 23.0 Å². The summed E-state index contributed by atoms with van der Waals surface area (Å²) >= 11 is 6.06. The minimum Gasteiger partial charge on any atom is -0.373 e. The van der Waals surface area contributed by atoms with Crippen molar-refractivity contribution < 1.29 is 4.74 Å². The Morgan fingerprint density at radius 1 is 1.38 bits per heavy atom. The Balaban J connectivity index is 1.72. The SMILES string of the molecule is CNCC1CC(OCc2ccccc2Cl)C1. The van der Waals surface area contributed by atoms with Crippen LogP contribution in [0.2, 0.25) is 5.02 Å². The molecule has 88 valence electrons. The maximum absolute atomic E-state index is 6.06. The molecule has 0 amide bonds. The average Bonchev–Trinajstić information content (AvgIpc) is 2.23. The van der Waals surface area contributed by atoms with Crippen molar-refractivity contribution in [1.29, 1.82) is 0 Å². The van der Waals surface area contributed by atoms with Crippen molar-refractivity contribution >= 4 is 11.6 Å². The number of benzene rings is 1. The molecular weight excluding hydrogens is 222 g/mol. The van der Waals surface area contributed by atoms with E-state index < -0.39 is 0 Å². The van der Waals surface area contributed by atoms with Gasteiger partial charge in [0.2, 0.25) is 0 Å². The Morgan fingerprint density at radius 3 is 2.81 bits per heavy atom. The van der Waals surface area contributed by atoms with Crippen LogP contribution in [0.5, 0.6) is 0 Å². The summed E-state index contributed by atoms with van der Waals surface area (Å²) in [5, 5.41) is 4.00. The Labute approximate surface area is 102 Å². The van der Waals surface area contributed by atoms with Gasteiger partial charge in [-0.3, -0.25) is 0 Å². The molecule has 1 aliphatic carbocycles. The van der Waals surface area contributed by atoms with E-state index in [9.17, 15) is 0 Å². The normalized spacial score (nSPS) is 24.1. The summed E-state index contributed by atoms with van der Waals surface area (Å²) in [5.74, 6) is 0.793. The molecule has 0 heterocycles. The molecule has 0 radical (unpaired) electrons. The molecule has 2 rings (SSSR count). The molecule has 0 bridgehead atoms. The molecule has 0 aliphatic heterocycles. The molecule has 0 spiro atoms. The summed E-state index contributed by atoms with van der Waals surface area (Å²) < 4.78 is 5.81. The van der Waals surface area contributed by atoms with Crippen LogP contribution in [0.3, 0.4) is 0 Å². The third-order valence-corrected chi connectivity index (χ3v) is 3.49. The van der Waals surface area contributed by atoms with Crippen LogP contribution in [0.15, 0.2) is 24.3 Å². The highest BCUT2D eigenvalue weighted by atomic mass is 35.5. The van der Waals surface area contributed by atoms with E-state index in [-0.39, 0.29) is 0 Å². The molecule has 0 aromatic heterocycles. The van der Waals surface area contributed by atoms with Gasteiger partial charge < -0.3 is 10.1 Å². The molecule has 1 aromatic rings. The van der Waals surface area contributed by atoms with Gasteiger partial charge in [0.25, 0.3) is 0 Å². The van der Waals surface area contributed by atoms with Crippen molar-refractivity contribution in [3.63, 3.8) is 0 Å². The number of nitrogens with one attached hydrogen (secondary N) is 1. The maximum atomic E-state index is 6.06. The first-order valence-electron chi connectivity index (χ1n) is 5.79. The number of halogens is 1. The first-order chi connectivity index (χ1) is 7.79. The van der Waals surface area contributed by atoms with Gasteiger partial charge in [0, 0.05) is 5.02 Å². The fourth-order valence-electron chi connectivity index (χ4n) is 2.09. The van der Waals surface area contributed by atoms with Crippen LogP contribution < -0.4 is 5.32 Å². The lowest BCUT2D eigenvalue weighted by Crippen LogP contribution is -2.36. The topological polar surface area (TPSA) is 21.3 Å². The van der Waals surface area contributed by atoms with Crippen LogP contribution >= 0.6 is 11.6 Å². The predicted molar refractivity (Wildman–Crippen MR) is 66.7 cm³/mol. The summed E-state index contributed by atoms with van der Waals surface area (Å²) in [7, 11) is 2.00. The Bertz CT molecular complexity index is 336. The van der Waals surface area contributed by atoms with E-state index in [1.54, 1.807) is 0 Å². The van der Waals surface area contributed by atoms with Crippen molar-refractivity contribution in [1.82, 2.24) is 5.32 Å². The second kappa shape index (κ2) is 5.67. The van der Waals surface area contributed by atoms with Crippen LogP contribution in [-0.4, -0.2) is 19.7 Å². The van der Waals surface area contributed by atoms with E-state index in [0.29, 0.717) is 12.7 Å². The molecule has 16 heavy (non-hydrogen) atoms. The molecule has 3 heteroatoms. The van der Waals surface area contributed by atoms with E-state index in [1.807, 2.05) is 31.3 Å². The first-order valence-corrected chi connectivity index (χ1v) is 6.17. The van der Waals surface area contributed by atoms with Gasteiger partial charge in [-0.05, 0) is 44.0 Å². The molecule has 1 fully saturated rings. The highest BCUT2D eigenvalue weighted by Gasteiger charge is 2.29. The monoisotopic (exact) mass is 239 g/mol. The van der Waals surface area contributed by atoms with E-state index in [2.05, 4.69) is 5.32 Å². The van der Waals surface area contributed by atoms with E-state index in [1.165, 1.54) is 12.8 Å². The third kappa shape index (κ3) is 2.97. The van der Waals surface area contributed by atoms with Gasteiger partial charge in [-0.25, -0.2) is 0 Å². The lowest BCUT2D eigenvalue weighted by atomic mass is 9.82. The summed E-state index contributed by atoms with van der Waals surface area (Å²) in [6, 6.07) is 7.87. The predicted octanol–water partition coefficient (Wildman–Crippen LogP) is 2.85.